The Labute approximate surface area is 191 Å². The van der Waals surface area contributed by atoms with Gasteiger partial charge in [0.25, 0.3) is 5.91 Å². The number of unbranched alkanes of at least 4 members (excludes halogenated alkanes) is 5. The molecule has 0 aliphatic heterocycles. The van der Waals surface area contributed by atoms with Gasteiger partial charge in [-0.3, -0.25) is 19.6 Å². The first-order chi connectivity index (χ1) is 16.0. The number of carbonyl (C=O) groups excluding carboxylic acids is 3. The van der Waals surface area contributed by atoms with E-state index in [1.54, 1.807) is 17.6 Å². The first kappa shape index (κ1) is 23.9. The molecular formula is C24H29N5O4. The van der Waals surface area contributed by atoms with E-state index in [1.165, 1.54) is 0 Å². The number of aromatic nitrogens is 2. The fourth-order valence-corrected chi connectivity index (χ4v) is 3.64. The maximum absolute atomic E-state index is 12.2. The number of benzene rings is 2. The second-order valence-electron chi connectivity index (χ2n) is 7.93. The number of anilines is 1. The molecule has 9 heteroatoms. The van der Waals surface area contributed by atoms with Crippen molar-refractivity contribution in [3.63, 3.8) is 0 Å². The third-order valence-electron chi connectivity index (χ3n) is 5.40. The highest BCUT2D eigenvalue weighted by molar-refractivity contribution is 6.04. The van der Waals surface area contributed by atoms with E-state index >= 15 is 0 Å². The first-order valence-electron chi connectivity index (χ1n) is 11.1. The van der Waals surface area contributed by atoms with Crippen molar-refractivity contribution in [2.45, 2.75) is 51.4 Å². The van der Waals surface area contributed by atoms with Gasteiger partial charge in [0, 0.05) is 24.1 Å². The fourth-order valence-electron chi connectivity index (χ4n) is 3.64. The number of rotatable bonds is 12. The van der Waals surface area contributed by atoms with Crippen LogP contribution in [0.15, 0.2) is 42.5 Å². The molecule has 33 heavy (non-hydrogen) atoms. The molecule has 9 nitrogen and oxygen atoms in total. The average molecular weight is 452 g/mol. The molecule has 2 aromatic carbocycles. The number of hydrogen-bond donors (Lipinski definition) is 5. The minimum absolute atomic E-state index is 0.0304. The number of para-hydroxylation sites is 1. The summed E-state index contributed by atoms with van der Waals surface area (Å²) in [5, 5.41) is 11.3. The van der Waals surface area contributed by atoms with Gasteiger partial charge in [0.15, 0.2) is 0 Å². The molecule has 0 aliphatic carbocycles. The summed E-state index contributed by atoms with van der Waals surface area (Å²) in [4.78, 5) is 42.4. The standard InChI is InChI=1S/C24H29N5O4/c25-23(32)18-8-7-9-19-22(18)28-24(27-19)16-12-14-17(15-13-16)26-20(30)10-5-3-1-2-4-6-11-21(31)29-33/h7-9,12-15,33H,1-6,10-11H2,(H2,25,32)(H,26,30)(H,27,28)(H,29,31). The lowest BCUT2D eigenvalue weighted by atomic mass is 10.1. The van der Waals surface area contributed by atoms with Crippen molar-refractivity contribution in [2.24, 2.45) is 5.73 Å². The number of carbonyl (C=O) groups is 3. The molecule has 0 radical (unpaired) electrons. The zero-order chi connectivity index (χ0) is 23.6. The van der Waals surface area contributed by atoms with Crippen LogP contribution in [-0.2, 0) is 9.59 Å². The van der Waals surface area contributed by atoms with Crippen molar-refractivity contribution >= 4 is 34.4 Å². The molecule has 174 valence electrons. The van der Waals surface area contributed by atoms with Crippen molar-refractivity contribution in [1.29, 1.82) is 0 Å². The Bertz CT molecular complexity index is 1110. The molecular weight excluding hydrogens is 422 g/mol. The lowest BCUT2D eigenvalue weighted by Gasteiger charge is -2.06. The number of hydrogen-bond acceptors (Lipinski definition) is 5. The number of hydroxylamine groups is 1. The number of H-pyrrole nitrogens is 1. The number of primary amides is 1. The van der Waals surface area contributed by atoms with E-state index in [1.807, 2.05) is 30.3 Å². The Hall–Kier alpha value is -3.72. The Kier molecular flexibility index (Phi) is 8.54. The summed E-state index contributed by atoms with van der Waals surface area (Å²) in [5.74, 6) is -0.288. The summed E-state index contributed by atoms with van der Waals surface area (Å²) in [6.45, 7) is 0. The Morgan fingerprint density at radius 3 is 2.15 bits per heavy atom. The van der Waals surface area contributed by atoms with Gasteiger partial charge in [-0.1, -0.05) is 31.7 Å². The van der Waals surface area contributed by atoms with Gasteiger partial charge in [-0.15, -0.1) is 0 Å². The van der Waals surface area contributed by atoms with Crippen LogP contribution in [0.3, 0.4) is 0 Å². The molecule has 0 saturated carbocycles. The third kappa shape index (κ3) is 6.88. The predicted molar refractivity (Wildman–Crippen MR) is 126 cm³/mol. The van der Waals surface area contributed by atoms with Crippen molar-refractivity contribution < 1.29 is 19.6 Å². The Morgan fingerprint density at radius 1 is 0.879 bits per heavy atom. The molecule has 3 rings (SSSR count). The summed E-state index contributed by atoms with van der Waals surface area (Å²) >= 11 is 0. The highest BCUT2D eigenvalue weighted by Crippen LogP contribution is 2.24. The SMILES string of the molecule is NC(=O)c1cccc2[nH]c(-c3ccc(NC(=O)CCCCCCCCC(=O)NO)cc3)nc12. The van der Waals surface area contributed by atoms with Crippen LogP contribution in [-0.4, -0.2) is 32.9 Å². The lowest BCUT2D eigenvalue weighted by Crippen LogP contribution is -2.17. The van der Waals surface area contributed by atoms with Crippen LogP contribution in [0.2, 0.25) is 0 Å². The van der Waals surface area contributed by atoms with Crippen LogP contribution in [0.4, 0.5) is 5.69 Å². The average Bonchev–Trinajstić information content (AvgIpc) is 3.25. The largest absolute Gasteiger partial charge is 0.366 e. The predicted octanol–water partition coefficient (Wildman–Crippen LogP) is 3.89. The summed E-state index contributed by atoms with van der Waals surface area (Å²) < 4.78 is 0. The smallest absolute Gasteiger partial charge is 0.250 e. The second-order valence-corrected chi connectivity index (χ2v) is 7.93. The number of amides is 3. The van der Waals surface area contributed by atoms with Crippen molar-refractivity contribution in [3.8, 4) is 11.4 Å². The topological polar surface area (TPSA) is 150 Å². The van der Waals surface area contributed by atoms with Crippen LogP contribution in [0, 0.1) is 0 Å². The molecule has 3 amide bonds. The second kappa shape index (κ2) is 11.8. The number of nitrogens with two attached hydrogens (primary N) is 1. The van der Waals surface area contributed by atoms with Gasteiger partial charge in [0.05, 0.1) is 11.1 Å². The molecule has 1 heterocycles. The van der Waals surface area contributed by atoms with Crippen LogP contribution < -0.4 is 16.5 Å². The normalized spacial score (nSPS) is 10.8. The highest BCUT2D eigenvalue weighted by Gasteiger charge is 2.12. The minimum Gasteiger partial charge on any atom is -0.366 e. The van der Waals surface area contributed by atoms with Crippen molar-refractivity contribution in [3.05, 3.63) is 48.0 Å². The van der Waals surface area contributed by atoms with Crippen LogP contribution in [0.5, 0.6) is 0 Å². The van der Waals surface area contributed by atoms with Gasteiger partial charge in [-0.05, 0) is 49.2 Å². The van der Waals surface area contributed by atoms with Gasteiger partial charge in [-0.25, -0.2) is 10.5 Å². The van der Waals surface area contributed by atoms with Crippen LogP contribution in [0.25, 0.3) is 22.4 Å². The third-order valence-corrected chi connectivity index (χ3v) is 5.40. The zero-order valence-electron chi connectivity index (χ0n) is 18.4. The van der Waals surface area contributed by atoms with E-state index in [2.05, 4.69) is 15.3 Å². The molecule has 0 atom stereocenters. The van der Waals surface area contributed by atoms with E-state index in [0.717, 1.165) is 49.6 Å². The Balaban J connectivity index is 1.43. The molecule has 3 aromatic rings. The molecule has 0 bridgehead atoms. The van der Waals surface area contributed by atoms with E-state index in [-0.39, 0.29) is 11.8 Å². The molecule has 0 saturated heterocycles. The van der Waals surface area contributed by atoms with E-state index in [9.17, 15) is 14.4 Å². The minimum atomic E-state index is -0.524. The quantitative estimate of drug-likeness (QED) is 0.161. The zero-order valence-corrected chi connectivity index (χ0v) is 18.4. The van der Waals surface area contributed by atoms with Crippen molar-refractivity contribution in [2.75, 3.05) is 5.32 Å². The monoisotopic (exact) mass is 451 g/mol. The van der Waals surface area contributed by atoms with Crippen molar-refractivity contribution in [1.82, 2.24) is 15.4 Å². The Morgan fingerprint density at radius 2 is 1.52 bits per heavy atom. The molecule has 0 spiro atoms. The fraction of sp³-hybridized carbons (Fsp3) is 0.333. The number of nitrogens with zero attached hydrogens (tertiary/aromatic N) is 1. The van der Waals surface area contributed by atoms with E-state index in [0.29, 0.717) is 35.4 Å². The summed E-state index contributed by atoms with van der Waals surface area (Å²) in [6.07, 6.45) is 6.25. The lowest BCUT2D eigenvalue weighted by molar-refractivity contribution is -0.129. The number of imidazole rings is 1. The molecule has 6 N–H and O–H groups in total. The van der Waals surface area contributed by atoms with E-state index in [4.69, 9.17) is 10.9 Å². The van der Waals surface area contributed by atoms with Crippen LogP contribution >= 0.6 is 0 Å². The summed E-state index contributed by atoms with van der Waals surface area (Å²) in [6, 6.07) is 12.6. The van der Waals surface area contributed by atoms with Gasteiger partial charge in [0.1, 0.15) is 11.3 Å². The first-order valence-corrected chi connectivity index (χ1v) is 11.1. The number of fused-ring (bicyclic) bond motifs is 1. The summed E-state index contributed by atoms with van der Waals surface area (Å²) in [7, 11) is 0. The number of nitrogens with one attached hydrogen (secondary N) is 3. The molecule has 0 unspecified atom stereocenters. The van der Waals surface area contributed by atoms with Gasteiger partial charge < -0.3 is 16.0 Å². The molecule has 0 fully saturated rings. The maximum atomic E-state index is 12.2. The van der Waals surface area contributed by atoms with Gasteiger partial charge in [0.2, 0.25) is 11.8 Å². The molecule has 1 aromatic heterocycles. The van der Waals surface area contributed by atoms with E-state index < -0.39 is 5.91 Å². The highest BCUT2D eigenvalue weighted by atomic mass is 16.5. The van der Waals surface area contributed by atoms with Crippen LogP contribution in [0.1, 0.15) is 61.7 Å². The number of aromatic amines is 1. The maximum Gasteiger partial charge on any atom is 0.250 e. The molecule has 0 aliphatic rings. The van der Waals surface area contributed by atoms with Gasteiger partial charge in [-0.2, -0.15) is 0 Å². The van der Waals surface area contributed by atoms with Gasteiger partial charge >= 0.3 is 0 Å². The summed E-state index contributed by atoms with van der Waals surface area (Å²) in [5.41, 5.74) is 10.2.